The number of hydrogen-bond acceptors (Lipinski definition) is 4. The van der Waals surface area contributed by atoms with Gasteiger partial charge < -0.3 is 15.7 Å². The molecule has 0 amide bonds. The van der Waals surface area contributed by atoms with Crippen molar-refractivity contribution in [3.63, 3.8) is 0 Å². The first-order chi connectivity index (χ1) is 9.11. The molecule has 1 aliphatic rings. The molecule has 4 nitrogen and oxygen atoms in total. The highest BCUT2D eigenvalue weighted by atomic mass is 16.3. The van der Waals surface area contributed by atoms with Crippen LogP contribution in [-0.4, -0.2) is 48.8 Å². The SMILES string of the molecule is CC(C)N1CCN(c2ccc(C(N)CO)cc2)CC1. The third-order valence-corrected chi connectivity index (χ3v) is 3.93. The molecule has 3 N–H and O–H groups in total. The van der Waals surface area contributed by atoms with Gasteiger partial charge in [0.05, 0.1) is 12.6 Å². The van der Waals surface area contributed by atoms with Crippen molar-refractivity contribution < 1.29 is 5.11 Å². The van der Waals surface area contributed by atoms with Crippen LogP contribution in [0, 0.1) is 0 Å². The molecule has 106 valence electrons. The molecule has 1 saturated heterocycles. The minimum Gasteiger partial charge on any atom is -0.394 e. The predicted molar refractivity (Wildman–Crippen MR) is 79.4 cm³/mol. The van der Waals surface area contributed by atoms with Gasteiger partial charge in [-0.25, -0.2) is 0 Å². The van der Waals surface area contributed by atoms with Crippen molar-refractivity contribution in [2.45, 2.75) is 25.9 Å². The van der Waals surface area contributed by atoms with E-state index in [1.54, 1.807) is 0 Å². The second-order valence-corrected chi connectivity index (χ2v) is 5.50. The Hall–Kier alpha value is -1.10. The minimum absolute atomic E-state index is 0.00753. The summed E-state index contributed by atoms with van der Waals surface area (Å²) in [5, 5.41) is 9.05. The van der Waals surface area contributed by atoms with Gasteiger partial charge in [-0.3, -0.25) is 4.90 Å². The zero-order valence-electron chi connectivity index (χ0n) is 11.9. The van der Waals surface area contributed by atoms with E-state index in [1.165, 1.54) is 5.69 Å². The van der Waals surface area contributed by atoms with E-state index < -0.39 is 0 Å². The summed E-state index contributed by atoms with van der Waals surface area (Å²) in [6.07, 6.45) is 0. The normalized spacial score (nSPS) is 18.9. The summed E-state index contributed by atoms with van der Waals surface area (Å²) < 4.78 is 0. The highest BCUT2D eigenvalue weighted by Gasteiger charge is 2.18. The van der Waals surface area contributed by atoms with Crippen LogP contribution in [0.15, 0.2) is 24.3 Å². The Labute approximate surface area is 115 Å². The van der Waals surface area contributed by atoms with Gasteiger partial charge in [0.2, 0.25) is 0 Å². The lowest BCUT2D eigenvalue weighted by atomic mass is 10.1. The van der Waals surface area contributed by atoms with Crippen LogP contribution in [0.3, 0.4) is 0 Å². The van der Waals surface area contributed by atoms with Crippen LogP contribution >= 0.6 is 0 Å². The highest BCUT2D eigenvalue weighted by Crippen LogP contribution is 2.20. The van der Waals surface area contributed by atoms with E-state index in [0.29, 0.717) is 6.04 Å². The third-order valence-electron chi connectivity index (χ3n) is 3.93. The van der Waals surface area contributed by atoms with Gasteiger partial charge >= 0.3 is 0 Å². The maximum absolute atomic E-state index is 9.05. The summed E-state index contributed by atoms with van der Waals surface area (Å²) in [4.78, 5) is 4.92. The van der Waals surface area contributed by atoms with Crippen molar-refractivity contribution in [2.24, 2.45) is 5.73 Å². The molecule has 19 heavy (non-hydrogen) atoms. The van der Waals surface area contributed by atoms with Crippen LogP contribution in [0.2, 0.25) is 0 Å². The fourth-order valence-electron chi connectivity index (χ4n) is 2.53. The van der Waals surface area contributed by atoms with Crippen LogP contribution in [0.1, 0.15) is 25.5 Å². The second kappa shape index (κ2) is 6.37. The maximum atomic E-state index is 9.05. The van der Waals surface area contributed by atoms with Gasteiger partial charge in [0.25, 0.3) is 0 Å². The third kappa shape index (κ3) is 3.47. The number of nitrogens with two attached hydrogens (primary N) is 1. The van der Waals surface area contributed by atoms with Gasteiger partial charge in [0.15, 0.2) is 0 Å². The van der Waals surface area contributed by atoms with Gasteiger partial charge in [-0.1, -0.05) is 12.1 Å². The Morgan fingerprint density at radius 3 is 2.16 bits per heavy atom. The van der Waals surface area contributed by atoms with Crippen molar-refractivity contribution in [1.82, 2.24) is 4.90 Å². The number of nitrogens with zero attached hydrogens (tertiary/aromatic N) is 2. The standard InChI is InChI=1S/C15H25N3O/c1-12(2)17-7-9-18(10-8-17)14-5-3-13(4-6-14)15(16)11-19/h3-6,12,15,19H,7-11,16H2,1-2H3. The summed E-state index contributed by atoms with van der Waals surface area (Å²) in [6.45, 7) is 8.88. The molecule has 0 radical (unpaired) electrons. The fraction of sp³-hybridized carbons (Fsp3) is 0.600. The number of aliphatic hydroxyl groups is 1. The number of benzene rings is 1. The van der Waals surface area contributed by atoms with Crippen molar-refractivity contribution in [1.29, 1.82) is 0 Å². The number of piperazine rings is 1. The summed E-state index contributed by atoms with van der Waals surface area (Å²) in [6, 6.07) is 8.61. The topological polar surface area (TPSA) is 52.7 Å². The van der Waals surface area contributed by atoms with Gasteiger partial charge in [-0.05, 0) is 31.5 Å². The van der Waals surface area contributed by atoms with E-state index in [2.05, 4.69) is 35.8 Å². The zero-order valence-corrected chi connectivity index (χ0v) is 11.9. The summed E-state index contributed by atoms with van der Waals surface area (Å²) in [5.74, 6) is 0. The van der Waals surface area contributed by atoms with Gasteiger partial charge in [0.1, 0.15) is 0 Å². The molecule has 0 aromatic heterocycles. The molecular weight excluding hydrogens is 238 g/mol. The molecule has 4 heteroatoms. The molecule has 1 aliphatic heterocycles. The Balaban J connectivity index is 1.96. The predicted octanol–water partition coefficient (Wildman–Crippen LogP) is 1.21. The highest BCUT2D eigenvalue weighted by molar-refractivity contribution is 5.48. The Morgan fingerprint density at radius 1 is 1.11 bits per heavy atom. The fourth-order valence-corrected chi connectivity index (χ4v) is 2.53. The number of aliphatic hydroxyl groups excluding tert-OH is 1. The number of hydrogen-bond donors (Lipinski definition) is 2. The molecule has 1 unspecified atom stereocenters. The first-order valence-corrected chi connectivity index (χ1v) is 7.07. The van der Waals surface area contributed by atoms with Gasteiger partial charge in [0, 0.05) is 37.9 Å². The summed E-state index contributed by atoms with van der Waals surface area (Å²) in [7, 11) is 0. The smallest absolute Gasteiger partial charge is 0.0624 e. The van der Waals surface area contributed by atoms with Crippen molar-refractivity contribution in [3.05, 3.63) is 29.8 Å². The Kier molecular flexibility index (Phi) is 4.80. The lowest BCUT2D eigenvalue weighted by Gasteiger charge is -2.38. The first-order valence-electron chi connectivity index (χ1n) is 7.07. The van der Waals surface area contributed by atoms with Crippen molar-refractivity contribution in [3.8, 4) is 0 Å². The van der Waals surface area contributed by atoms with Crippen LogP contribution in [0.25, 0.3) is 0 Å². The van der Waals surface area contributed by atoms with Crippen LogP contribution in [0.4, 0.5) is 5.69 Å². The molecule has 1 aromatic carbocycles. The monoisotopic (exact) mass is 263 g/mol. The summed E-state index contributed by atoms with van der Waals surface area (Å²) >= 11 is 0. The van der Waals surface area contributed by atoms with E-state index in [-0.39, 0.29) is 12.6 Å². The summed E-state index contributed by atoms with van der Waals surface area (Å²) in [5.41, 5.74) is 8.04. The van der Waals surface area contributed by atoms with Crippen molar-refractivity contribution >= 4 is 5.69 Å². The van der Waals surface area contributed by atoms with E-state index in [0.717, 1.165) is 31.7 Å². The molecule has 1 atom stereocenters. The average molecular weight is 263 g/mol. The lowest BCUT2D eigenvalue weighted by molar-refractivity contribution is 0.209. The molecule has 0 saturated carbocycles. The minimum atomic E-state index is -0.271. The quantitative estimate of drug-likeness (QED) is 0.857. The number of rotatable bonds is 4. The Morgan fingerprint density at radius 2 is 1.68 bits per heavy atom. The molecule has 0 bridgehead atoms. The molecule has 0 aliphatic carbocycles. The van der Waals surface area contributed by atoms with E-state index in [4.69, 9.17) is 10.8 Å². The van der Waals surface area contributed by atoms with Crippen LogP contribution < -0.4 is 10.6 Å². The Bertz CT molecular complexity index is 383. The van der Waals surface area contributed by atoms with Gasteiger partial charge in [-0.15, -0.1) is 0 Å². The zero-order chi connectivity index (χ0) is 13.8. The van der Waals surface area contributed by atoms with Gasteiger partial charge in [-0.2, -0.15) is 0 Å². The molecular formula is C15H25N3O. The molecule has 0 spiro atoms. The number of anilines is 1. The van der Waals surface area contributed by atoms with Crippen LogP contribution in [0.5, 0.6) is 0 Å². The second-order valence-electron chi connectivity index (χ2n) is 5.50. The first kappa shape index (κ1) is 14.3. The maximum Gasteiger partial charge on any atom is 0.0624 e. The van der Waals surface area contributed by atoms with E-state index in [9.17, 15) is 0 Å². The lowest BCUT2D eigenvalue weighted by Crippen LogP contribution is -2.48. The molecule has 1 aromatic rings. The molecule has 2 rings (SSSR count). The largest absolute Gasteiger partial charge is 0.394 e. The van der Waals surface area contributed by atoms with E-state index >= 15 is 0 Å². The van der Waals surface area contributed by atoms with E-state index in [1.807, 2.05) is 12.1 Å². The molecule has 1 heterocycles. The molecule has 1 fully saturated rings. The van der Waals surface area contributed by atoms with Crippen molar-refractivity contribution in [2.75, 3.05) is 37.7 Å². The average Bonchev–Trinajstić information content (AvgIpc) is 2.46. The van der Waals surface area contributed by atoms with Crippen LogP contribution in [-0.2, 0) is 0 Å².